The highest BCUT2D eigenvalue weighted by Crippen LogP contribution is 2.38. The Labute approximate surface area is 125 Å². The number of nitrogens with zero attached hydrogens (tertiary/aromatic N) is 2. The summed E-state index contributed by atoms with van der Waals surface area (Å²) in [7, 11) is 0.937. The molecule has 0 unspecified atom stereocenters. The lowest BCUT2D eigenvalue weighted by Crippen LogP contribution is -2.41. The van der Waals surface area contributed by atoms with Crippen molar-refractivity contribution in [3.05, 3.63) is 23.3 Å². The number of hydrogen-bond acceptors (Lipinski definition) is 6. The molecule has 114 valence electrons. The zero-order chi connectivity index (χ0) is 15.7. The molecule has 6 nitrogen and oxygen atoms in total. The Morgan fingerprint density at radius 1 is 1.24 bits per heavy atom. The Kier molecular flexibility index (Phi) is 4.36. The van der Waals surface area contributed by atoms with Crippen molar-refractivity contribution in [3.8, 4) is 5.88 Å². The van der Waals surface area contributed by atoms with Crippen molar-refractivity contribution in [2.75, 3.05) is 13.7 Å². The highest BCUT2D eigenvalue weighted by atomic mass is 16.7. The van der Waals surface area contributed by atoms with Crippen LogP contribution in [0.5, 0.6) is 5.88 Å². The molecular weight excluding hydrogens is 271 g/mol. The molecule has 0 aromatic carbocycles. The number of ether oxygens (including phenoxy) is 1. The number of aliphatic hydroxyl groups excluding tert-OH is 1. The van der Waals surface area contributed by atoms with Crippen LogP contribution in [0.25, 0.3) is 6.08 Å². The lowest BCUT2D eigenvalue weighted by molar-refractivity contribution is 0.00578. The molecule has 1 saturated heterocycles. The number of hydrogen-bond donors (Lipinski definition) is 1. The van der Waals surface area contributed by atoms with E-state index in [2.05, 4.69) is 10.2 Å². The van der Waals surface area contributed by atoms with E-state index in [-0.39, 0.29) is 6.61 Å². The van der Waals surface area contributed by atoms with Crippen LogP contribution in [0.2, 0.25) is 0 Å². The van der Waals surface area contributed by atoms with Crippen molar-refractivity contribution in [2.45, 2.75) is 38.9 Å². The smallest absolute Gasteiger partial charge is 0.480 e. The first-order valence-electron chi connectivity index (χ1n) is 6.84. The van der Waals surface area contributed by atoms with Gasteiger partial charge < -0.3 is 19.2 Å². The van der Waals surface area contributed by atoms with Crippen LogP contribution >= 0.6 is 0 Å². The second kappa shape index (κ2) is 5.75. The van der Waals surface area contributed by atoms with Crippen LogP contribution in [0.4, 0.5) is 0 Å². The number of aliphatic hydroxyl groups is 1. The van der Waals surface area contributed by atoms with Crippen LogP contribution in [-0.4, -0.2) is 47.3 Å². The van der Waals surface area contributed by atoms with E-state index in [0.29, 0.717) is 17.0 Å². The molecule has 0 aliphatic carbocycles. The molecule has 7 heteroatoms. The number of methoxy groups -OCH3 is 1. The lowest BCUT2D eigenvalue weighted by atomic mass is 9.78. The van der Waals surface area contributed by atoms with Gasteiger partial charge in [0, 0.05) is 6.07 Å². The standard InChI is InChI=1S/C14H21BN2O4/c1-13(2)14(3,4)21-15(20-13)10(9-18)8-11-6-7-12(19-5)17-16-11/h6-8,18H,9H2,1-5H3. The summed E-state index contributed by atoms with van der Waals surface area (Å²) in [4.78, 5) is 0. The summed E-state index contributed by atoms with van der Waals surface area (Å²) >= 11 is 0. The summed E-state index contributed by atoms with van der Waals surface area (Å²) in [6, 6.07) is 3.46. The van der Waals surface area contributed by atoms with Crippen molar-refractivity contribution >= 4 is 13.2 Å². The molecule has 1 aliphatic heterocycles. The summed E-state index contributed by atoms with van der Waals surface area (Å²) in [5.41, 5.74) is 0.317. The molecule has 2 rings (SSSR count). The van der Waals surface area contributed by atoms with Crippen LogP contribution < -0.4 is 4.74 Å². The van der Waals surface area contributed by atoms with Gasteiger partial charge >= 0.3 is 7.12 Å². The highest BCUT2D eigenvalue weighted by molar-refractivity contribution is 6.55. The number of rotatable bonds is 4. The van der Waals surface area contributed by atoms with Gasteiger partial charge in [-0.25, -0.2) is 0 Å². The Morgan fingerprint density at radius 3 is 2.29 bits per heavy atom. The predicted octanol–water partition coefficient (Wildman–Crippen LogP) is 1.49. The third-order valence-corrected chi connectivity index (χ3v) is 3.94. The van der Waals surface area contributed by atoms with Crippen LogP contribution in [0, 0.1) is 0 Å². The molecule has 0 atom stereocenters. The normalized spacial score (nSPS) is 20.7. The van der Waals surface area contributed by atoms with E-state index in [1.807, 2.05) is 27.7 Å². The minimum Gasteiger partial charge on any atom is -0.480 e. The molecule has 0 bridgehead atoms. The van der Waals surface area contributed by atoms with E-state index in [1.165, 1.54) is 7.11 Å². The van der Waals surface area contributed by atoms with Crippen LogP contribution in [0.3, 0.4) is 0 Å². The first-order valence-corrected chi connectivity index (χ1v) is 6.84. The largest absolute Gasteiger partial charge is 0.492 e. The van der Waals surface area contributed by atoms with Gasteiger partial charge in [0.1, 0.15) is 0 Å². The van der Waals surface area contributed by atoms with Gasteiger partial charge in [0.05, 0.1) is 30.6 Å². The molecule has 1 aromatic heterocycles. The molecule has 0 radical (unpaired) electrons. The first kappa shape index (κ1) is 15.9. The third-order valence-electron chi connectivity index (χ3n) is 3.94. The van der Waals surface area contributed by atoms with E-state index in [1.54, 1.807) is 18.2 Å². The van der Waals surface area contributed by atoms with E-state index in [4.69, 9.17) is 14.0 Å². The van der Waals surface area contributed by atoms with Crippen molar-refractivity contribution < 1.29 is 19.2 Å². The van der Waals surface area contributed by atoms with Crippen molar-refractivity contribution in [1.82, 2.24) is 10.2 Å². The van der Waals surface area contributed by atoms with Crippen molar-refractivity contribution in [2.24, 2.45) is 0 Å². The van der Waals surface area contributed by atoms with Crippen LogP contribution in [0.1, 0.15) is 33.4 Å². The van der Waals surface area contributed by atoms with Gasteiger partial charge in [-0.3, -0.25) is 0 Å². The van der Waals surface area contributed by atoms with Gasteiger partial charge in [-0.15, -0.1) is 10.2 Å². The Morgan fingerprint density at radius 2 is 1.86 bits per heavy atom. The topological polar surface area (TPSA) is 73.7 Å². The summed E-state index contributed by atoms with van der Waals surface area (Å²) in [6.07, 6.45) is 1.72. The molecule has 21 heavy (non-hydrogen) atoms. The fourth-order valence-electron chi connectivity index (χ4n) is 1.89. The fourth-order valence-corrected chi connectivity index (χ4v) is 1.89. The van der Waals surface area contributed by atoms with Crippen LogP contribution in [-0.2, 0) is 9.31 Å². The minimum atomic E-state index is -0.594. The van der Waals surface area contributed by atoms with E-state index in [9.17, 15) is 5.11 Å². The summed E-state index contributed by atoms with van der Waals surface area (Å²) in [6.45, 7) is 7.69. The molecule has 0 saturated carbocycles. The highest BCUT2D eigenvalue weighted by Gasteiger charge is 2.52. The Bertz CT molecular complexity index is 512. The third kappa shape index (κ3) is 3.25. The quantitative estimate of drug-likeness (QED) is 0.848. The minimum absolute atomic E-state index is 0.176. The second-order valence-electron chi connectivity index (χ2n) is 5.97. The average molecular weight is 292 g/mol. The zero-order valence-corrected chi connectivity index (χ0v) is 13.1. The van der Waals surface area contributed by atoms with E-state index in [0.717, 1.165) is 0 Å². The van der Waals surface area contributed by atoms with E-state index >= 15 is 0 Å². The SMILES string of the molecule is COc1ccc(C=C(CO)B2OC(C)(C)C(C)(C)O2)nn1. The molecule has 1 aliphatic rings. The predicted molar refractivity (Wildman–Crippen MR) is 79.7 cm³/mol. The molecular formula is C14H21BN2O4. The fraction of sp³-hybridized carbons (Fsp3) is 0.571. The molecule has 0 amide bonds. The second-order valence-corrected chi connectivity index (χ2v) is 5.97. The lowest BCUT2D eigenvalue weighted by Gasteiger charge is -2.32. The molecule has 1 aromatic rings. The molecule has 1 N–H and O–H groups in total. The first-order chi connectivity index (χ1) is 9.79. The maximum absolute atomic E-state index is 9.59. The monoisotopic (exact) mass is 292 g/mol. The van der Waals surface area contributed by atoms with Gasteiger partial charge in [0.25, 0.3) is 0 Å². The van der Waals surface area contributed by atoms with Gasteiger partial charge in [0.15, 0.2) is 0 Å². The molecule has 0 spiro atoms. The maximum atomic E-state index is 9.59. The van der Waals surface area contributed by atoms with Gasteiger partial charge in [-0.2, -0.15) is 0 Å². The maximum Gasteiger partial charge on any atom is 0.492 e. The van der Waals surface area contributed by atoms with Crippen LogP contribution in [0.15, 0.2) is 17.6 Å². The number of aromatic nitrogens is 2. The summed E-state index contributed by atoms with van der Waals surface area (Å²) in [5.74, 6) is 0.438. The van der Waals surface area contributed by atoms with Gasteiger partial charge in [-0.05, 0) is 45.3 Å². The van der Waals surface area contributed by atoms with Gasteiger partial charge in [-0.1, -0.05) is 0 Å². The molecule has 2 heterocycles. The Balaban J connectivity index is 2.22. The zero-order valence-electron chi connectivity index (χ0n) is 13.1. The Hall–Kier alpha value is -1.44. The van der Waals surface area contributed by atoms with Crippen molar-refractivity contribution in [1.29, 1.82) is 0 Å². The van der Waals surface area contributed by atoms with Gasteiger partial charge in [0.2, 0.25) is 5.88 Å². The summed E-state index contributed by atoms with van der Waals surface area (Å²) < 4.78 is 16.8. The summed E-state index contributed by atoms with van der Waals surface area (Å²) in [5, 5.41) is 17.5. The molecule has 1 fully saturated rings. The van der Waals surface area contributed by atoms with Crippen molar-refractivity contribution in [3.63, 3.8) is 0 Å². The average Bonchev–Trinajstić information content (AvgIpc) is 2.65. The van der Waals surface area contributed by atoms with E-state index < -0.39 is 18.3 Å².